The number of nitrogens with zero attached hydrogens (tertiary/aromatic N) is 2. The minimum Gasteiger partial charge on any atom is -0.329 e. The Hall–Kier alpha value is -0.780. The van der Waals surface area contributed by atoms with Gasteiger partial charge in [0.2, 0.25) is 0 Å². The van der Waals surface area contributed by atoms with Crippen molar-refractivity contribution in [2.75, 3.05) is 0 Å². The smallest absolute Gasteiger partial charge is 0.172 e. The normalized spacial score (nSPS) is 12.6. The summed E-state index contributed by atoms with van der Waals surface area (Å²) in [6.07, 6.45) is 5.68. The molecule has 2 rings (SSSR count). The van der Waals surface area contributed by atoms with E-state index in [1.165, 1.54) is 10.5 Å². The lowest BCUT2D eigenvalue weighted by molar-refractivity contribution is 0.646. The maximum absolute atomic E-state index is 5.99. The molecule has 0 amide bonds. The minimum absolute atomic E-state index is 0.236. The number of nitrogens with two attached hydrogens (primary N) is 1. The molecule has 2 aromatic rings. The maximum Gasteiger partial charge on any atom is 0.172 e. The molecular formula is C14H18BrN3S. The molecule has 0 aliphatic heterocycles. The van der Waals surface area contributed by atoms with Gasteiger partial charge in [-0.1, -0.05) is 24.8 Å². The Balaban J connectivity index is 2.13. The Morgan fingerprint density at radius 2 is 2.26 bits per heavy atom. The zero-order chi connectivity index (χ0) is 13.8. The van der Waals surface area contributed by atoms with Crippen LogP contribution in [0.4, 0.5) is 0 Å². The van der Waals surface area contributed by atoms with E-state index in [2.05, 4.69) is 46.0 Å². The van der Waals surface area contributed by atoms with E-state index in [1.54, 1.807) is 11.8 Å². The molecule has 3 nitrogen and oxygen atoms in total. The molecule has 0 saturated carbocycles. The van der Waals surface area contributed by atoms with Crippen LogP contribution in [-0.4, -0.2) is 15.6 Å². The quantitative estimate of drug-likeness (QED) is 0.904. The van der Waals surface area contributed by atoms with Crippen molar-refractivity contribution in [3.05, 3.63) is 40.6 Å². The Morgan fingerprint density at radius 3 is 2.84 bits per heavy atom. The van der Waals surface area contributed by atoms with Gasteiger partial charge in [-0.25, -0.2) is 4.98 Å². The third-order valence-corrected chi connectivity index (χ3v) is 5.07. The molecule has 102 valence electrons. The summed E-state index contributed by atoms with van der Waals surface area (Å²) < 4.78 is 3.11. The summed E-state index contributed by atoms with van der Waals surface area (Å²) >= 11 is 5.29. The molecule has 0 saturated heterocycles. The van der Waals surface area contributed by atoms with E-state index in [-0.39, 0.29) is 6.04 Å². The first kappa shape index (κ1) is 14.6. The van der Waals surface area contributed by atoms with Crippen LogP contribution in [0.3, 0.4) is 0 Å². The van der Waals surface area contributed by atoms with Crippen molar-refractivity contribution >= 4 is 27.7 Å². The van der Waals surface area contributed by atoms with Crippen molar-refractivity contribution in [3.63, 3.8) is 0 Å². The van der Waals surface area contributed by atoms with E-state index in [9.17, 15) is 0 Å². The van der Waals surface area contributed by atoms with Crippen molar-refractivity contribution in [2.45, 2.75) is 35.9 Å². The van der Waals surface area contributed by atoms with Crippen LogP contribution in [0.15, 0.2) is 45.1 Å². The first-order valence-corrected chi connectivity index (χ1v) is 7.90. The van der Waals surface area contributed by atoms with Crippen LogP contribution in [0.1, 0.15) is 18.9 Å². The molecule has 0 bridgehead atoms. The number of aromatic nitrogens is 2. The minimum atomic E-state index is 0.236. The van der Waals surface area contributed by atoms with Gasteiger partial charge in [0, 0.05) is 34.9 Å². The second-order valence-electron chi connectivity index (χ2n) is 4.56. The topological polar surface area (TPSA) is 43.8 Å². The third kappa shape index (κ3) is 3.84. The lowest BCUT2D eigenvalue weighted by Crippen LogP contribution is -2.21. The largest absolute Gasteiger partial charge is 0.329 e. The molecule has 1 unspecified atom stereocenters. The Kier molecular flexibility index (Phi) is 5.07. The van der Waals surface area contributed by atoms with Gasteiger partial charge in [-0.3, -0.25) is 0 Å². The van der Waals surface area contributed by atoms with Gasteiger partial charge in [-0.2, -0.15) is 0 Å². The predicted molar refractivity (Wildman–Crippen MR) is 83.4 cm³/mol. The molecule has 1 aromatic heterocycles. The fourth-order valence-electron chi connectivity index (χ4n) is 1.75. The molecule has 2 N–H and O–H groups in total. The molecular weight excluding hydrogens is 322 g/mol. The van der Waals surface area contributed by atoms with Gasteiger partial charge in [0.1, 0.15) is 0 Å². The molecule has 1 atom stereocenters. The van der Waals surface area contributed by atoms with Gasteiger partial charge in [0.25, 0.3) is 0 Å². The lowest BCUT2D eigenvalue weighted by Gasteiger charge is -2.10. The number of hydrogen-bond acceptors (Lipinski definition) is 3. The van der Waals surface area contributed by atoms with Gasteiger partial charge in [0.15, 0.2) is 5.16 Å². The molecule has 0 radical (unpaired) electrons. The number of benzene rings is 1. The number of imidazole rings is 1. The highest BCUT2D eigenvalue weighted by molar-refractivity contribution is 9.10. The van der Waals surface area contributed by atoms with Gasteiger partial charge >= 0.3 is 0 Å². The van der Waals surface area contributed by atoms with E-state index in [0.717, 1.165) is 22.5 Å². The summed E-state index contributed by atoms with van der Waals surface area (Å²) in [4.78, 5) is 5.49. The fourth-order valence-corrected chi connectivity index (χ4v) is 3.23. The van der Waals surface area contributed by atoms with Crippen molar-refractivity contribution in [1.29, 1.82) is 0 Å². The summed E-state index contributed by atoms with van der Waals surface area (Å²) in [5, 5.41) is 0.985. The molecule has 0 aliphatic rings. The summed E-state index contributed by atoms with van der Waals surface area (Å²) in [6.45, 7) is 2.12. The van der Waals surface area contributed by atoms with E-state index >= 15 is 0 Å². The molecule has 0 fully saturated rings. The monoisotopic (exact) mass is 339 g/mol. The zero-order valence-corrected chi connectivity index (χ0v) is 13.5. The van der Waals surface area contributed by atoms with Crippen molar-refractivity contribution in [2.24, 2.45) is 12.8 Å². The fraction of sp³-hybridized carbons (Fsp3) is 0.357. The van der Waals surface area contributed by atoms with Crippen LogP contribution in [0.25, 0.3) is 0 Å². The van der Waals surface area contributed by atoms with Crippen molar-refractivity contribution in [1.82, 2.24) is 9.55 Å². The van der Waals surface area contributed by atoms with Crippen LogP contribution < -0.4 is 5.73 Å². The zero-order valence-electron chi connectivity index (χ0n) is 11.1. The molecule has 1 heterocycles. The average Bonchev–Trinajstić information content (AvgIpc) is 2.78. The highest BCUT2D eigenvalue weighted by atomic mass is 79.9. The van der Waals surface area contributed by atoms with Crippen LogP contribution in [0, 0.1) is 0 Å². The average molecular weight is 340 g/mol. The Bertz CT molecular complexity index is 553. The summed E-state index contributed by atoms with van der Waals surface area (Å²) in [6, 6.07) is 6.66. The highest BCUT2D eigenvalue weighted by Crippen LogP contribution is 2.33. The van der Waals surface area contributed by atoms with Crippen molar-refractivity contribution < 1.29 is 0 Å². The molecule has 1 aromatic carbocycles. The molecule has 5 heteroatoms. The summed E-state index contributed by atoms with van der Waals surface area (Å²) in [5.74, 6) is 0. The summed E-state index contributed by atoms with van der Waals surface area (Å²) in [5.41, 5.74) is 7.26. The molecule has 19 heavy (non-hydrogen) atoms. The van der Waals surface area contributed by atoms with E-state index in [1.807, 2.05) is 24.0 Å². The van der Waals surface area contributed by atoms with Crippen molar-refractivity contribution in [3.8, 4) is 0 Å². The van der Waals surface area contributed by atoms with Crippen LogP contribution >= 0.6 is 27.7 Å². The SMILES string of the molecule is CCC(N)Cc1ccc(Sc2nccn2C)c(Br)c1. The number of halogens is 1. The van der Waals surface area contributed by atoms with Gasteiger partial charge < -0.3 is 10.3 Å². The number of rotatable bonds is 5. The van der Waals surface area contributed by atoms with Gasteiger partial charge in [-0.15, -0.1) is 0 Å². The lowest BCUT2D eigenvalue weighted by atomic mass is 10.1. The van der Waals surface area contributed by atoms with Gasteiger partial charge in [0.05, 0.1) is 0 Å². The predicted octanol–water partition coefficient (Wildman–Crippen LogP) is 3.61. The van der Waals surface area contributed by atoms with Crippen LogP contribution in [0.2, 0.25) is 0 Å². The molecule has 0 spiro atoms. The maximum atomic E-state index is 5.99. The van der Waals surface area contributed by atoms with E-state index in [4.69, 9.17) is 5.73 Å². The van der Waals surface area contributed by atoms with Crippen LogP contribution in [0.5, 0.6) is 0 Å². The standard InChI is InChI=1S/C14H18BrN3S/c1-3-11(16)8-10-4-5-13(12(15)9-10)19-14-17-6-7-18(14)2/h4-7,9,11H,3,8,16H2,1-2H3. The first-order valence-electron chi connectivity index (χ1n) is 6.29. The first-order chi connectivity index (χ1) is 9.10. The summed E-state index contributed by atoms with van der Waals surface area (Å²) in [7, 11) is 2.00. The second-order valence-corrected chi connectivity index (χ2v) is 6.42. The van der Waals surface area contributed by atoms with E-state index in [0.29, 0.717) is 0 Å². The van der Waals surface area contributed by atoms with Crippen LogP contribution in [-0.2, 0) is 13.5 Å². The van der Waals surface area contributed by atoms with Gasteiger partial charge in [-0.05, 0) is 46.5 Å². The highest BCUT2D eigenvalue weighted by Gasteiger charge is 2.08. The van der Waals surface area contributed by atoms with E-state index < -0.39 is 0 Å². The second kappa shape index (κ2) is 6.59. The number of aryl methyl sites for hydroxylation is 1. The third-order valence-electron chi connectivity index (χ3n) is 3.00. The Labute approximate surface area is 126 Å². The Morgan fingerprint density at radius 1 is 1.47 bits per heavy atom. The molecule has 0 aliphatic carbocycles. The number of hydrogen-bond donors (Lipinski definition) is 1.